The zero-order chi connectivity index (χ0) is 21.3. The molecule has 5 heteroatoms. The van der Waals surface area contributed by atoms with Gasteiger partial charge in [-0.1, -0.05) is 63.1 Å². The van der Waals surface area contributed by atoms with Gasteiger partial charge in [0.25, 0.3) is 0 Å². The molecule has 0 radical (unpaired) electrons. The van der Waals surface area contributed by atoms with Gasteiger partial charge in [0.2, 0.25) is 5.91 Å². The maximum atomic E-state index is 13.2. The molecule has 0 aliphatic carbocycles. The van der Waals surface area contributed by atoms with Crippen LogP contribution in [-0.2, 0) is 11.4 Å². The third-order valence-electron chi connectivity index (χ3n) is 5.63. The van der Waals surface area contributed by atoms with Crippen LogP contribution >= 0.6 is 11.8 Å². The van der Waals surface area contributed by atoms with E-state index in [0.717, 1.165) is 54.9 Å². The van der Waals surface area contributed by atoms with Gasteiger partial charge in [-0.2, -0.15) is 0 Å². The summed E-state index contributed by atoms with van der Waals surface area (Å²) in [5, 5.41) is 0.0400. The lowest BCUT2D eigenvalue weighted by Gasteiger charge is -2.28. The molecule has 1 heterocycles. The summed E-state index contributed by atoms with van der Waals surface area (Å²) < 4.78 is 11.6. The average molecular weight is 428 g/mol. The minimum Gasteiger partial charge on any atom is -0.493 e. The van der Waals surface area contributed by atoms with Gasteiger partial charge in [-0.15, -0.1) is 11.8 Å². The number of thioether (sulfide) groups is 1. The van der Waals surface area contributed by atoms with Crippen molar-refractivity contribution in [3.8, 4) is 11.5 Å². The molecule has 0 bridgehead atoms. The highest BCUT2D eigenvalue weighted by molar-refractivity contribution is 7.99. The fourth-order valence-corrected chi connectivity index (χ4v) is 5.11. The Hall–Kier alpha value is -2.14. The first-order chi connectivity index (χ1) is 14.7. The number of hydrogen-bond donors (Lipinski definition) is 0. The van der Waals surface area contributed by atoms with Crippen LogP contribution in [0.2, 0.25) is 0 Å². The van der Waals surface area contributed by atoms with E-state index in [4.69, 9.17) is 9.47 Å². The van der Waals surface area contributed by atoms with Crippen molar-refractivity contribution >= 4 is 17.7 Å². The number of amides is 1. The normalized spacial score (nSPS) is 17.0. The van der Waals surface area contributed by atoms with Crippen LogP contribution in [0.3, 0.4) is 0 Å². The lowest BCUT2D eigenvalue weighted by Crippen LogP contribution is -2.35. The van der Waals surface area contributed by atoms with Gasteiger partial charge in [0.1, 0.15) is 12.0 Å². The van der Waals surface area contributed by atoms with E-state index in [1.165, 1.54) is 0 Å². The van der Waals surface area contributed by atoms with Crippen molar-refractivity contribution in [3.63, 3.8) is 0 Å². The number of carbonyl (C=O) groups is 1. The number of carbonyl (C=O) groups excluding carboxylic acids is 1. The molecule has 2 atom stereocenters. The van der Waals surface area contributed by atoms with E-state index in [2.05, 4.69) is 24.8 Å². The maximum Gasteiger partial charge on any atom is 0.226 e. The van der Waals surface area contributed by atoms with Crippen LogP contribution < -0.4 is 9.47 Å². The van der Waals surface area contributed by atoms with Crippen LogP contribution in [0.5, 0.6) is 11.5 Å². The standard InChI is InChI=1S/C25H33NO3S/c1-4-6-12-20(5-2)24(27)26-15-16-30-25(26)21-13-14-22(28-3)23(17-21)29-18-19-10-8-7-9-11-19/h7-11,13-14,17,20,25H,4-6,12,15-16,18H2,1-3H3/t20-,25-/m0/s1. The fraction of sp³-hybridized carbons (Fsp3) is 0.480. The summed E-state index contributed by atoms with van der Waals surface area (Å²) in [4.78, 5) is 15.3. The van der Waals surface area contributed by atoms with Gasteiger partial charge in [0.15, 0.2) is 11.5 Å². The molecule has 2 aromatic rings. The van der Waals surface area contributed by atoms with Gasteiger partial charge < -0.3 is 14.4 Å². The van der Waals surface area contributed by atoms with Crippen LogP contribution in [0.15, 0.2) is 48.5 Å². The second kappa shape index (κ2) is 11.3. The highest BCUT2D eigenvalue weighted by Crippen LogP contribution is 2.42. The lowest BCUT2D eigenvalue weighted by atomic mass is 9.97. The fourth-order valence-electron chi connectivity index (χ4n) is 3.85. The second-order valence-corrected chi connectivity index (χ2v) is 8.87. The SMILES string of the molecule is CCCC[C@H](CC)C(=O)N1CCS[C@H]1c1ccc(OC)c(OCc2ccccc2)c1. The molecule has 1 aliphatic heterocycles. The molecule has 0 unspecified atom stereocenters. The number of benzene rings is 2. The summed E-state index contributed by atoms with van der Waals surface area (Å²) in [5.41, 5.74) is 2.21. The zero-order valence-electron chi connectivity index (χ0n) is 18.3. The summed E-state index contributed by atoms with van der Waals surface area (Å²) in [5.74, 6) is 2.82. The van der Waals surface area contributed by atoms with Gasteiger partial charge in [0.05, 0.1) is 7.11 Å². The van der Waals surface area contributed by atoms with Gasteiger partial charge in [-0.25, -0.2) is 0 Å². The Morgan fingerprint density at radius 3 is 2.67 bits per heavy atom. The summed E-state index contributed by atoms with van der Waals surface area (Å²) in [6, 6.07) is 16.2. The minimum atomic E-state index is 0.0400. The van der Waals surface area contributed by atoms with E-state index in [0.29, 0.717) is 18.3 Å². The van der Waals surface area contributed by atoms with E-state index in [1.807, 2.05) is 54.2 Å². The smallest absolute Gasteiger partial charge is 0.226 e. The van der Waals surface area contributed by atoms with Crippen LogP contribution in [0.4, 0.5) is 0 Å². The van der Waals surface area contributed by atoms with Crippen molar-refractivity contribution in [2.45, 2.75) is 51.5 Å². The zero-order valence-corrected chi connectivity index (χ0v) is 19.1. The third-order valence-corrected chi connectivity index (χ3v) is 6.89. The van der Waals surface area contributed by atoms with Gasteiger partial charge in [0, 0.05) is 18.2 Å². The van der Waals surface area contributed by atoms with Crippen molar-refractivity contribution in [2.24, 2.45) is 5.92 Å². The summed E-state index contributed by atoms with van der Waals surface area (Å²) >= 11 is 1.83. The first kappa shape index (κ1) is 22.5. The van der Waals surface area contributed by atoms with E-state index in [1.54, 1.807) is 7.11 Å². The Kier molecular flexibility index (Phi) is 8.50. The molecule has 162 valence electrons. The molecule has 1 saturated heterocycles. The maximum absolute atomic E-state index is 13.2. The monoisotopic (exact) mass is 427 g/mol. The predicted molar refractivity (Wildman–Crippen MR) is 124 cm³/mol. The molecule has 3 rings (SSSR count). The topological polar surface area (TPSA) is 38.8 Å². The number of rotatable bonds is 10. The van der Waals surface area contributed by atoms with Gasteiger partial charge >= 0.3 is 0 Å². The Balaban J connectivity index is 1.77. The van der Waals surface area contributed by atoms with Crippen molar-refractivity contribution < 1.29 is 14.3 Å². The number of hydrogen-bond acceptors (Lipinski definition) is 4. The first-order valence-electron chi connectivity index (χ1n) is 10.9. The van der Waals surface area contributed by atoms with Crippen LogP contribution in [0, 0.1) is 5.92 Å². The van der Waals surface area contributed by atoms with E-state index >= 15 is 0 Å². The Morgan fingerprint density at radius 1 is 1.17 bits per heavy atom. The first-order valence-corrected chi connectivity index (χ1v) is 12.0. The Morgan fingerprint density at radius 2 is 1.97 bits per heavy atom. The molecule has 1 fully saturated rings. The molecular weight excluding hydrogens is 394 g/mol. The summed E-state index contributed by atoms with van der Waals surface area (Å²) in [7, 11) is 1.66. The predicted octanol–water partition coefficient (Wildman–Crippen LogP) is 6.06. The van der Waals surface area contributed by atoms with Gasteiger partial charge in [-0.05, 0) is 36.1 Å². The lowest BCUT2D eigenvalue weighted by molar-refractivity contribution is -0.136. The minimum absolute atomic E-state index is 0.0400. The molecule has 0 spiro atoms. The molecule has 1 aliphatic rings. The van der Waals surface area contributed by atoms with Crippen molar-refractivity contribution in [1.82, 2.24) is 4.90 Å². The second-order valence-electron chi connectivity index (χ2n) is 7.69. The van der Waals surface area contributed by atoms with E-state index in [-0.39, 0.29) is 11.3 Å². The molecular formula is C25H33NO3S. The number of ether oxygens (including phenoxy) is 2. The molecule has 30 heavy (non-hydrogen) atoms. The summed E-state index contributed by atoms with van der Waals surface area (Å²) in [6.45, 7) is 5.60. The van der Waals surface area contributed by atoms with Crippen molar-refractivity contribution in [2.75, 3.05) is 19.4 Å². The number of unbranched alkanes of at least 4 members (excludes halogenated alkanes) is 1. The number of methoxy groups -OCH3 is 1. The van der Waals surface area contributed by atoms with Crippen molar-refractivity contribution in [3.05, 3.63) is 59.7 Å². The highest BCUT2D eigenvalue weighted by Gasteiger charge is 2.34. The summed E-state index contributed by atoms with van der Waals surface area (Å²) in [6.07, 6.45) is 4.12. The third kappa shape index (κ3) is 5.51. The van der Waals surface area contributed by atoms with E-state index < -0.39 is 0 Å². The highest BCUT2D eigenvalue weighted by atomic mass is 32.2. The molecule has 2 aromatic carbocycles. The molecule has 4 nitrogen and oxygen atoms in total. The Bertz CT molecular complexity index is 811. The molecule has 0 aromatic heterocycles. The average Bonchev–Trinajstić information content (AvgIpc) is 3.28. The number of nitrogens with zero attached hydrogens (tertiary/aromatic N) is 1. The molecule has 1 amide bonds. The largest absolute Gasteiger partial charge is 0.493 e. The van der Waals surface area contributed by atoms with Crippen LogP contribution in [0.1, 0.15) is 56.0 Å². The van der Waals surface area contributed by atoms with Crippen LogP contribution in [0.25, 0.3) is 0 Å². The molecule has 0 N–H and O–H groups in total. The van der Waals surface area contributed by atoms with Crippen molar-refractivity contribution in [1.29, 1.82) is 0 Å². The quantitative estimate of drug-likeness (QED) is 0.462. The van der Waals surface area contributed by atoms with E-state index in [9.17, 15) is 4.79 Å². The molecule has 0 saturated carbocycles. The van der Waals surface area contributed by atoms with Crippen LogP contribution in [-0.4, -0.2) is 30.2 Å². The van der Waals surface area contributed by atoms with Gasteiger partial charge in [-0.3, -0.25) is 4.79 Å². The Labute approximate surface area is 184 Å².